The number of aromatic nitrogens is 3. The van der Waals surface area contributed by atoms with Gasteiger partial charge in [0, 0.05) is 17.3 Å². The predicted octanol–water partition coefficient (Wildman–Crippen LogP) is 1.80. The first kappa shape index (κ1) is 11.5. The number of nitrogens with zero attached hydrogens (tertiary/aromatic N) is 3. The van der Waals surface area contributed by atoms with E-state index in [1.165, 1.54) is 23.6 Å². The van der Waals surface area contributed by atoms with Crippen molar-refractivity contribution in [2.75, 3.05) is 5.32 Å². The van der Waals surface area contributed by atoms with E-state index in [4.69, 9.17) is 5.11 Å². The van der Waals surface area contributed by atoms with E-state index < -0.39 is 5.97 Å². The molecule has 2 rings (SSSR count). The van der Waals surface area contributed by atoms with E-state index in [-0.39, 0.29) is 11.7 Å². The molecule has 0 spiro atoms. The van der Waals surface area contributed by atoms with E-state index >= 15 is 0 Å². The molecule has 7 heteroatoms. The first-order valence-corrected chi connectivity index (χ1v) is 5.76. The number of hydrogen-bond donors (Lipinski definition) is 2. The number of hydrogen-bond acceptors (Lipinski definition) is 6. The second-order valence-corrected chi connectivity index (χ2v) is 4.26. The van der Waals surface area contributed by atoms with Gasteiger partial charge in [-0.05, 0) is 13.0 Å². The number of carbonyl (C=O) groups is 1. The summed E-state index contributed by atoms with van der Waals surface area (Å²) in [6, 6.07) is 1.34. The smallest absolute Gasteiger partial charge is 0.354 e. The topological polar surface area (TPSA) is 88.0 Å². The first-order valence-electron chi connectivity index (χ1n) is 4.88. The fraction of sp³-hybridized carbons (Fsp3) is 0.200. The predicted molar refractivity (Wildman–Crippen MR) is 63.1 cm³/mol. The van der Waals surface area contributed by atoms with E-state index in [1.807, 2.05) is 6.92 Å². The second-order valence-electron chi connectivity index (χ2n) is 3.34. The van der Waals surface area contributed by atoms with Gasteiger partial charge in [0.25, 0.3) is 0 Å². The SMILES string of the molecule is C[C@H](Nc1nccc(C(=O)O)n1)c1cncs1. The molecule has 2 heterocycles. The molecular weight excluding hydrogens is 240 g/mol. The lowest BCUT2D eigenvalue weighted by Gasteiger charge is -2.11. The summed E-state index contributed by atoms with van der Waals surface area (Å²) >= 11 is 1.52. The largest absolute Gasteiger partial charge is 0.477 e. The Kier molecular flexibility index (Phi) is 3.29. The van der Waals surface area contributed by atoms with E-state index in [0.29, 0.717) is 5.95 Å². The fourth-order valence-corrected chi connectivity index (χ4v) is 1.88. The van der Waals surface area contributed by atoms with Gasteiger partial charge in [-0.1, -0.05) is 0 Å². The Balaban J connectivity index is 2.13. The molecule has 0 unspecified atom stereocenters. The maximum Gasteiger partial charge on any atom is 0.354 e. The van der Waals surface area contributed by atoms with E-state index in [9.17, 15) is 4.79 Å². The third kappa shape index (κ3) is 2.76. The van der Waals surface area contributed by atoms with Gasteiger partial charge in [-0.2, -0.15) is 0 Å². The zero-order chi connectivity index (χ0) is 12.3. The Labute approximate surface area is 101 Å². The van der Waals surface area contributed by atoms with Gasteiger partial charge in [-0.25, -0.2) is 14.8 Å². The number of anilines is 1. The number of aromatic carboxylic acids is 1. The van der Waals surface area contributed by atoms with Crippen molar-refractivity contribution < 1.29 is 9.90 Å². The van der Waals surface area contributed by atoms with Crippen LogP contribution in [0.4, 0.5) is 5.95 Å². The zero-order valence-corrected chi connectivity index (χ0v) is 9.81. The first-order chi connectivity index (χ1) is 8.16. The van der Waals surface area contributed by atoms with Gasteiger partial charge in [0.1, 0.15) is 0 Å². The van der Waals surface area contributed by atoms with E-state index in [2.05, 4.69) is 20.3 Å². The standard InChI is InChI=1S/C10H10N4O2S/c1-6(8-4-11-5-17-8)13-10-12-3-2-7(14-10)9(15)16/h2-6H,1H3,(H,15,16)(H,12,13,14)/t6-/m0/s1. The van der Waals surface area contributed by atoms with Crippen LogP contribution in [0.5, 0.6) is 0 Å². The van der Waals surface area contributed by atoms with Crippen molar-refractivity contribution in [2.45, 2.75) is 13.0 Å². The third-order valence-electron chi connectivity index (χ3n) is 2.10. The van der Waals surface area contributed by atoms with Crippen LogP contribution < -0.4 is 5.32 Å². The van der Waals surface area contributed by atoms with Crippen molar-refractivity contribution in [3.8, 4) is 0 Å². The lowest BCUT2D eigenvalue weighted by atomic mass is 10.3. The van der Waals surface area contributed by atoms with Crippen LogP contribution in [-0.4, -0.2) is 26.0 Å². The normalized spacial score (nSPS) is 12.1. The maximum absolute atomic E-state index is 10.7. The Hall–Kier alpha value is -2.02. The number of thiazole rings is 1. The second kappa shape index (κ2) is 4.88. The van der Waals surface area contributed by atoms with Crippen LogP contribution in [0.25, 0.3) is 0 Å². The third-order valence-corrected chi connectivity index (χ3v) is 3.06. The van der Waals surface area contributed by atoms with Gasteiger partial charge in [0.2, 0.25) is 5.95 Å². The van der Waals surface area contributed by atoms with Gasteiger partial charge >= 0.3 is 5.97 Å². The molecule has 0 fully saturated rings. The van der Waals surface area contributed by atoms with Gasteiger partial charge in [0.05, 0.1) is 11.6 Å². The van der Waals surface area contributed by atoms with Crippen molar-refractivity contribution in [1.29, 1.82) is 0 Å². The summed E-state index contributed by atoms with van der Waals surface area (Å²) in [7, 11) is 0. The average molecular weight is 250 g/mol. The highest BCUT2D eigenvalue weighted by atomic mass is 32.1. The minimum absolute atomic E-state index is 0.00783. The molecule has 1 atom stereocenters. The summed E-state index contributed by atoms with van der Waals surface area (Å²) in [4.78, 5) is 23.6. The molecule has 2 N–H and O–H groups in total. The summed E-state index contributed by atoms with van der Waals surface area (Å²) in [5.74, 6) is -0.772. The average Bonchev–Trinajstić information content (AvgIpc) is 2.82. The van der Waals surface area contributed by atoms with Gasteiger partial charge < -0.3 is 10.4 Å². The maximum atomic E-state index is 10.7. The highest BCUT2D eigenvalue weighted by Crippen LogP contribution is 2.19. The van der Waals surface area contributed by atoms with Crippen molar-refractivity contribution in [3.05, 3.63) is 34.5 Å². The molecule has 0 radical (unpaired) electrons. The summed E-state index contributed by atoms with van der Waals surface area (Å²) < 4.78 is 0. The molecule has 0 aliphatic heterocycles. The molecule has 88 valence electrons. The van der Waals surface area contributed by atoms with Gasteiger partial charge in [-0.15, -0.1) is 11.3 Å². The van der Waals surface area contributed by atoms with Crippen molar-refractivity contribution in [3.63, 3.8) is 0 Å². The van der Waals surface area contributed by atoms with Crippen molar-refractivity contribution in [2.24, 2.45) is 0 Å². The lowest BCUT2D eigenvalue weighted by Crippen LogP contribution is -2.10. The Morgan fingerprint density at radius 3 is 3.06 bits per heavy atom. The fourth-order valence-electron chi connectivity index (χ4n) is 1.25. The van der Waals surface area contributed by atoms with Crippen LogP contribution >= 0.6 is 11.3 Å². The molecule has 2 aromatic rings. The molecule has 0 saturated heterocycles. The minimum atomic E-state index is -1.07. The molecule has 0 aromatic carbocycles. The number of carboxylic acids is 1. The van der Waals surface area contributed by atoms with E-state index in [0.717, 1.165) is 4.88 Å². The zero-order valence-electron chi connectivity index (χ0n) is 8.99. The Morgan fingerprint density at radius 1 is 1.59 bits per heavy atom. The van der Waals surface area contributed by atoms with Crippen LogP contribution in [0.3, 0.4) is 0 Å². The summed E-state index contributed by atoms with van der Waals surface area (Å²) in [5, 5.41) is 11.8. The lowest BCUT2D eigenvalue weighted by molar-refractivity contribution is 0.0690. The van der Waals surface area contributed by atoms with Crippen molar-refractivity contribution in [1.82, 2.24) is 15.0 Å². The highest BCUT2D eigenvalue weighted by Gasteiger charge is 2.10. The van der Waals surface area contributed by atoms with Crippen LogP contribution in [0.1, 0.15) is 28.3 Å². The summed E-state index contributed by atoms with van der Waals surface area (Å²) in [5.41, 5.74) is 1.71. The van der Waals surface area contributed by atoms with Crippen LogP contribution in [0.15, 0.2) is 24.0 Å². The molecule has 17 heavy (non-hydrogen) atoms. The van der Waals surface area contributed by atoms with Crippen LogP contribution in [0, 0.1) is 0 Å². The van der Waals surface area contributed by atoms with Crippen molar-refractivity contribution >= 4 is 23.3 Å². The molecule has 0 saturated carbocycles. The summed E-state index contributed by atoms with van der Waals surface area (Å²) in [6.45, 7) is 1.93. The quantitative estimate of drug-likeness (QED) is 0.860. The van der Waals surface area contributed by atoms with Gasteiger partial charge in [0.15, 0.2) is 5.69 Å². The number of rotatable bonds is 4. The van der Waals surface area contributed by atoms with Crippen LogP contribution in [-0.2, 0) is 0 Å². The Bertz CT molecular complexity index is 515. The van der Waals surface area contributed by atoms with Gasteiger partial charge in [-0.3, -0.25) is 4.98 Å². The molecular formula is C10H10N4O2S. The number of nitrogens with one attached hydrogen (secondary N) is 1. The molecule has 0 aliphatic rings. The highest BCUT2D eigenvalue weighted by molar-refractivity contribution is 7.09. The minimum Gasteiger partial charge on any atom is -0.477 e. The summed E-state index contributed by atoms with van der Waals surface area (Å²) in [6.07, 6.45) is 3.17. The molecule has 0 bridgehead atoms. The molecule has 6 nitrogen and oxygen atoms in total. The van der Waals surface area contributed by atoms with Crippen LogP contribution in [0.2, 0.25) is 0 Å². The molecule has 0 amide bonds. The van der Waals surface area contributed by atoms with E-state index in [1.54, 1.807) is 11.7 Å². The Morgan fingerprint density at radius 2 is 2.41 bits per heavy atom. The monoisotopic (exact) mass is 250 g/mol. The molecule has 0 aliphatic carbocycles. The molecule has 2 aromatic heterocycles. The number of carboxylic acid groups (broad SMARTS) is 1.